The molecule has 0 radical (unpaired) electrons. The number of thioether (sulfide) groups is 1. The van der Waals surface area contributed by atoms with Gasteiger partial charge in [0.15, 0.2) is 5.13 Å². The van der Waals surface area contributed by atoms with E-state index in [-0.39, 0.29) is 18.2 Å². The first-order chi connectivity index (χ1) is 12.6. The van der Waals surface area contributed by atoms with Gasteiger partial charge in [-0.1, -0.05) is 30.5 Å². The van der Waals surface area contributed by atoms with Crippen molar-refractivity contribution in [3.05, 3.63) is 40.9 Å². The van der Waals surface area contributed by atoms with Gasteiger partial charge in [-0.15, -0.1) is 23.1 Å². The number of nitrogens with one attached hydrogen (secondary N) is 2. The Morgan fingerprint density at radius 3 is 2.65 bits per heavy atom. The molecule has 0 unspecified atom stereocenters. The minimum Gasteiger partial charge on any atom is -0.353 e. The Hall–Kier alpha value is -1.86. The summed E-state index contributed by atoms with van der Waals surface area (Å²) in [6.45, 7) is 2.04. The number of benzene rings is 1. The Morgan fingerprint density at radius 1 is 1.19 bits per heavy atom. The van der Waals surface area contributed by atoms with Gasteiger partial charge in [0.05, 0.1) is 17.9 Å². The predicted molar refractivity (Wildman–Crippen MR) is 107 cm³/mol. The summed E-state index contributed by atoms with van der Waals surface area (Å²) in [6, 6.07) is 8.41. The van der Waals surface area contributed by atoms with E-state index < -0.39 is 0 Å². The molecule has 2 aromatic rings. The summed E-state index contributed by atoms with van der Waals surface area (Å²) in [5.74, 6) is 0.252. The van der Waals surface area contributed by atoms with Crippen molar-refractivity contribution < 1.29 is 9.59 Å². The van der Waals surface area contributed by atoms with Crippen LogP contribution >= 0.6 is 23.1 Å². The summed E-state index contributed by atoms with van der Waals surface area (Å²) in [6.07, 6.45) is 4.80. The number of thiazole rings is 1. The summed E-state index contributed by atoms with van der Waals surface area (Å²) in [4.78, 5) is 29.5. The summed E-state index contributed by atoms with van der Waals surface area (Å²) < 4.78 is 0. The lowest BCUT2D eigenvalue weighted by molar-refractivity contribution is -0.121. The summed E-state index contributed by atoms with van der Waals surface area (Å²) in [5.41, 5.74) is 1.90. The molecular weight excluding hydrogens is 366 g/mol. The number of carbonyl (C=O) groups excluding carboxylic acids is 2. The first-order valence-corrected chi connectivity index (χ1v) is 10.7. The average Bonchev–Trinajstić information content (AvgIpc) is 3.26. The second-order valence-corrected chi connectivity index (χ2v) is 8.43. The topological polar surface area (TPSA) is 71.1 Å². The zero-order valence-electron chi connectivity index (χ0n) is 14.8. The van der Waals surface area contributed by atoms with Crippen LogP contribution in [-0.2, 0) is 16.0 Å². The highest BCUT2D eigenvalue weighted by atomic mass is 32.2. The van der Waals surface area contributed by atoms with E-state index in [9.17, 15) is 9.59 Å². The van der Waals surface area contributed by atoms with Crippen LogP contribution in [0.3, 0.4) is 0 Å². The smallest absolute Gasteiger partial charge is 0.236 e. The number of hydrogen-bond acceptors (Lipinski definition) is 5. The molecule has 5 nitrogen and oxygen atoms in total. The van der Waals surface area contributed by atoms with Gasteiger partial charge < -0.3 is 10.6 Å². The molecule has 1 aliphatic carbocycles. The molecule has 1 heterocycles. The number of aromatic nitrogens is 1. The Morgan fingerprint density at radius 2 is 1.92 bits per heavy atom. The second-order valence-electron chi connectivity index (χ2n) is 6.52. The maximum Gasteiger partial charge on any atom is 0.236 e. The van der Waals surface area contributed by atoms with Crippen molar-refractivity contribution in [3.63, 3.8) is 0 Å². The van der Waals surface area contributed by atoms with E-state index in [0.29, 0.717) is 22.6 Å². The molecule has 1 aromatic carbocycles. The van der Waals surface area contributed by atoms with Crippen molar-refractivity contribution in [2.75, 3.05) is 11.1 Å². The maximum atomic E-state index is 12.1. The van der Waals surface area contributed by atoms with E-state index in [1.54, 1.807) is 0 Å². The Labute approximate surface area is 162 Å². The van der Waals surface area contributed by atoms with E-state index >= 15 is 0 Å². The molecule has 1 fully saturated rings. The van der Waals surface area contributed by atoms with Gasteiger partial charge in [-0.05, 0) is 31.9 Å². The van der Waals surface area contributed by atoms with Gasteiger partial charge in [0, 0.05) is 16.3 Å². The first-order valence-electron chi connectivity index (χ1n) is 8.81. The fraction of sp³-hybridized carbons (Fsp3) is 0.421. The molecule has 0 saturated heterocycles. The third kappa shape index (κ3) is 5.85. The number of hydrogen-bond donors (Lipinski definition) is 2. The molecule has 0 bridgehead atoms. The predicted octanol–water partition coefficient (Wildman–Crippen LogP) is 3.78. The van der Waals surface area contributed by atoms with E-state index in [4.69, 9.17) is 0 Å². The molecule has 2 amide bonds. The van der Waals surface area contributed by atoms with Gasteiger partial charge in [-0.2, -0.15) is 0 Å². The standard InChI is InChI=1S/C19H23N3O2S2/c1-13-6-8-16(9-7-13)25-12-18(24)22-19-21-15(11-26-19)10-17(23)20-14-4-2-3-5-14/h6-9,11,14H,2-5,10,12H2,1H3,(H,20,23)(H,21,22,24). The van der Waals surface area contributed by atoms with Crippen molar-refractivity contribution in [3.8, 4) is 0 Å². The van der Waals surface area contributed by atoms with Crippen LogP contribution in [0, 0.1) is 6.92 Å². The SMILES string of the molecule is Cc1ccc(SCC(=O)Nc2nc(CC(=O)NC3CCCC3)cs2)cc1. The highest BCUT2D eigenvalue weighted by Crippen LogP contribution is 2.21. The Kier molecular flexibility index (Phi) is 6.68. The molecule has 1 saturated carbocycles. The largest absolute Gasteiger partial charge is 0.353 e. The third-order valence-corrected chi connectivity index (χ3v) is 6.07. The van der Waals surface area contributed by atoms with Crippen molar-refractivity contribution in [1.29, 1.82) is 0 Å². The fourth-order valence-corrected chi connectivity index (χ4v) is 4.32. The highest BCUT2D eigenvalue weighted by Gasteiger charge is 2.18. The zero-order valence-corrected chi connectivity index (χ0v) is 16.4. The van der Waals surface area contributed by atoms with Crippen LogP contribution in [0.5, 0.6) is 0 Å². The molecule has 1 aliphatic rings. The van der Waals surface area contributed by atoms with E-state index in [0.717, 1.165) is 17.7 Å². The number of rotatable bonds is 7. The zero-order chi connectivity index (χ0) is 18.4. The molecule has 2 N–H and O–H groups in total. The fourth-order valence-electron chi connectivity index (χ4n) is 2.90. The molecule has 0 aliphatic heterocycles. The van der Waals surface area contributed by atoms with Gasteiger partial charge in [0.1, 0.15) is 0 Å². The molecule has 138 valence electrons. The lowest BCUT2D eigenvalue weighted by Crippen LogP contribution is -2.33. The molecular formula is C19H23N3O2S2. The van der Waals surface area contributed by atoms with Gasteiger partial charge in [0.2, 0.25) is 11.8 Å². The van der Waals surface area contributed by atoms with E-state index in [2.05, 4.69) is 15.6 Å². The molecule has 26 heavy (non-hydrogen) atoms. The second kappa shape index (κ2) is 9.19. The summed E-state index contributed by atoms with van der Waals surface area (Å²) in [7, 11) is 0. The Bertz CT molecular complexity index is 752. The molecule has 0 spiro atoms. The van der Waals surface area contributed by atoms with Gasteiger partial charge in [0.25, 0.3) is 0 Å². The van der Waals surface area contributed by atoms with Gasteiger partial charge in [-0.25, -0.2) is 4.98 Å². The minimum atomic E-state index is -0.0908. The van der Waals surface area contributed by atoms with Crippen molar-refractivity contribution in [2.45, 2.75) is 50.0 Å². The molecule has 3 rings (SSSR count). The highest BCUT2D eigenvalue weighted by molar-refractivity contribution is 8.00. The van der Waals surface area contributed by atoms with E-state index in [1.165, 1.54) is 41.5 Å². The number of aryl methyl sites for hydroxylation is 1. The first kappa shape index (κ1) is 18.9. The van der Waals surface area contributed by atoms with Crippen LogP contribution in [0.4, 0.5) is 5.13 Å². The number of amides is 2. The van der Waals surface area contributed by atoms with Crippen LogP contribution in [0.15, 0.2) is 34.5 Å². The molecule has 7 heteroatoms. The number of anilines is 1. The van der Waals surface area contributed by atoms with Crippen LogP contribution in [0.1, 0.15) is 36.9 Å². The monoisotopic (exact) mass is 389 g/mol. The quantitative estimate of drug-likeness (QED) is 0.707. The van der Waals surface area contributed by atoms with Crippen molar-refractivity contribution in [2.24, 2.45) is 0 Å². The molecule has 1 aromatic heterocycles. The van der Waals surface area contributed by atoms with Crippen molar-refractivity contribution in [1.82, 2.24) is 10.3 Å². The minimum absolute atomic E-state index is 0.00926. The van der Waals surface area contributed by atoms with Gasteiger partial charge >= 0.3 is 0 Å². The van der Waals surface area contributed by atoms with Crippen LogP contribution < -0.4 is 10.6 Å². The van der Waals surface area contributed by atoms with Crippen LogP contribution in [0.25, 0.3) is 0 Å². The van der Waals surface area contributed by atoms with Crippen LogP contribution in [-0.4, -0.2) is 28.6 Å². The number of nitrogens with zero attached hydrogens (tertiary/aromatic N) is 1. The van der Waals surface area contributed by atoms with Crippen molar-refractivity contribution >= 4 is 40.0 Å². The average molecular weight is 390 g/mol. The summed E-state index contributed by atoms with van der Waals surface area (Å²) in [5, 5.41) is 8.24. The maximum absolute atomic E-state index is 12.1. The normalized spacial score (nSPS) is 14.3. The van der Waals surface area contributed by atoms with Gasteiger partial charge in [-0.3, -0.25) is 9.59 Å². The number of carbonyl (C=O) groups is 2. The molecule has 0 atom stereocenters. The lowest BCUT2D eigenvalue weighted by atomic mass is 10.2. The summed E-state index contributed by atoms with van der Waals surface area (Å²) >= 11 is 2.85. The van der Waals surface area contributed by atoms with E-state index in [1.807, 2.05) is 36.6 Å². The van der Waals surface area contributed by atoms with Crippen LogP contribution in [0.2, 0.25) is 0 Å². The Balaban J connectivity index is 1.42. The third-order valence-electron chi connectivity index (χ3n) is 4.25. The lowest BCUT2D eigenvalue weighted by Gasteiger charge is -2.10.